The fourth-order valence-corrected chi connectivity index (χ4v) is 1.66. The first kappa shape index (κ1) is 17.3. The number of halogens is 6. The minimum atomic E-state index is -5.02. The molecule has 0 radical (unpaired) electrons. The van der Waals surface area contributed by atoms with Crippen LogP contribution in [0, 0.1) is 0 Å². The lowest BCUT2D eigenvalue weighted by Gasteiger charge is -2.17. The van der Waals surface area contributed by atoms with Crippen molar-refractivity contribution in [3.63, 3.8) is 0 Å². The highest BCUT2D eigenvalue weighted by Gasteiger charge is 2.38. The van der Waals surface area contributed by atoms with Crippen molar-refractivity contribution in [3.8, 4) is 0 Å². The Hall–Kier alpha value is -1.77. The minimum Gasteiger partial charge on any atom is -0.481 e. The summed E-state index contributed by atoms with van der Waals surface area (Å²) < 4.78 is 80.4. The van der Waals surface area contributed by atoms with E-state index in [4.69, 9.17) is 5.11 Å². The predicted octanol–water partition coefficient (Wildman–Crippen LogP) is 3.54. The average Bonchev–Trinajstić information content (AvgIpc) is 2.32. The number of methoxy groups -OCH3 is 1. The molecule has 1 aromatic carbocycles. The molecule has 0 fully saturated rings. The van der Waals surface area contributed by atoms with Gasteiger partial charge in [-0.25, -0.2) is 0 Å². The van der Waals surface area contributed by atoms with Crippen LogP contribution in [-0.2, 0) is 21.9 Å². The molecule has 3 nitrogen and oxygen atoms in total. The molecule has 0 spiro atoms. The number of carboxylic acids is 1. The Balaban J connectivity index is 3.47. The maximum Gasteiger partial charge on any atom is 0.416 e. The van der Waals surface area contributed by atoms with Crippen LogP contribution in [0.3, 0.4) is 0 Å². The standard InChI is InChI=1S/C12H10F6O3/c1-21-5-9(10(19)20)6-2-7(11(13,14)15)4-8(3-6)12(16,17)18/h2-4,9H,5H2,1H3,(H,19,20). The summed E-state index contributed by atoms with van der Waals surface area (Å²) in [6.45, 7) is -0.548. The number of aliphatic carboxylic acids is 1. The van der Waals surface area contributed by atoms with Gasteiger partial charge in [-0.2, -0.15) is 26.3 Å². The van der Waals surface area contributed by atoms with E-state index in [-0.39, 0.29) is 6.07 Å². The maximum absolute atomic E-state index is 12.6. The summed E-state index contributed by atoms with van der Waals surface area (Å²) in [5.74, 6) is -3.21. The van der Waals surface area contributed by atoms with E-state index >= 15 is 0 Å². The Labute approximate surface area is 115 Å². The summed E-state index contributed by atoms with van der Waals surface area (Å²) in [6.07, 6.45) is -10.0. The number of carboxylic acid groups (broad SMARTS) is 1. The van der Waals surface area contributed by atoms with Crippen molar-refractivity contribution in [2.45, 2.75) is 18.3 Å². The first-order valence-corrected chi connectivity index (χ1v) is 5.48. The summed E-state index contributed by atoms with van der Waals surface area (Å²) in [5.41, 5.74) is -3.74. The summed E-state index contributed by atoms with van der Waals surface area (Å²) >= 11 is 0. The lowest BCUT2D eigenvalue weighted by molar-refractivity contribution is -0.144. The first-order valence-electron chi connectivity index (χ1n) is 5.48. The topological polar surface area (TPSA) is 46.5 Å². The van der Waals surface area contributed by atoms with Crippen LogP contribution in [0.15, 0.2) is 18.2 Å². The number of carbonyl (C=O) groups is 1. The fourth-order valence-electron chi connectivity index (χ4n) is 1.66. The Bertz CT molecular complexity index is 488. The van der Waals surface area contributed by atoms with Crippen LogP contribution in [0.1, 0.15) is 22.6 Å². The quantitative estimate of drug-likeness (QED) is 0.864. The van der Waals surface area contributed by atoms with E-state index in [0.717, 1.165) is 7.11 Å². The largest absolute Gasteiger partial charge is 0.481 e. The third kappa shape index (κ3) is 4.35. The highest BCUT2D eigenvalue weighted by Crippen LogP contribution is 2.37. The van der Waals surface area contributed by atoms with Gasteiger partial charge in [-0.05, 0) is 23.8 Å². The predicted molar refractivity (Wildman–Crippen MR) is 58.7 cm³/mol. The van der Waals surface area contributed by atoms with Crippen LogP contribution < -0.4 is 0 Å². The van der Waals surface area contributed by atoms with Crippen molar-refractivity contribution < 1.29 is 41.0 Å². The van der Waals surface area contributed by atoms with E-state index in [1.807, 2.05) is 0 Å². The minimum absolute atomic E-state index is 0.0603. The molecular formula is C12H10F6O3. The molecule has 1 N–H and O–H groups in total. The molecule has 0 bridgehead atoms. The molecule has 0 heterocycles. The molecule has 0 amide bonds. The van der Waals surface area contributed by atoms with Gasteiger partial charge in [0.15, 0.2) is 0 Å². The van der Waals surface area contributed by atoms with Gasteiger partial charge in [0, 0.05) is 7.11 Å². The van der Waals surface area contributed by atoms with E-state index in [9.17, 15) is 31.1 Å². The van der Waals surface area contributed by atoms with Crippen LogP contribution in [0.5, 0.6) is 0 Å². The van der Waals surface area contributed by atoms with Gasteiger partial charge < -0.3 is 9.84 Å². The van der Waals surface area contributed by atoms with E-state index in [1.165, 1.54) is 0 Å². The Morgan fingerprint density at radius 2 is 1.52 bits per heavy atom. The average molecular weight is 316 g/mol. The van der Waals surface area contributed by atoms with Crippen molar-refractivity contribution in [1.29, 1.82) is 0 Å². The van der Waals surface area contributed by atoms with Crippen molar-refractivity contribution in [2.24, 2.45) is 0 Å². The summed E-state index contributed by atoms with van der Waals surface area (Å²) in [4.78, 5) is 11.0. The van der Waals surface area contributed by atoms with Crippen molar-refractivity contribution in [1.82, 2.24) is 0 Å². The number of rotatable bonds is 4. The van der Waals surface area contributed by atoms with E-state index in [0.29, 0.717) is 12.1 Å². The van der Waals surface area contributed by atoms with Gasteiger partial charge in [-0.3, -0.25) is 4.79 Å². The van der Waals surface area contributed by atoms with Crippen LogP contribution in [0.4, 0.5) is 26.3 Å². The normalized spacial score (nSPS) is 14.0. The Morgan fingerprint density at radius 1 is 1.10 bits per heavy atom. The molecule has 118 valence electrons. The zero-order valence-electron chi connectivity index (χ0n) is 10.5. The second kappa shape index (κ2) is 5.92. The van der Waals surface area contributed by atoms with Crippen LogP contribution >= 0.6 is 0 Å². The molecule has 1 aromatic rings. The second-order valence-electron chi connectivity index (χ2n) is 4.19. The number of ether oxygens (including phenoxy) is 1. The van der Waals surface area contributed by atoms with E-state index in [1.54, 1.807) is 0 Å². The van der Waals surface area contributed by atoms with Gasteiger partial charge in [0.05, 0.1) is 17.7 Å². The van der Waals surface area contributed by atoms with Crippen molar-refractivity contribution in [2.75, 3.05) is 13.7 Å². The number of hydrogen-bond donors (Lipinski definition) is 1. The lowest BCUT2D eigenvalue weighted by Crippen LogP contribution is -2.19. The van der Waals surface area contributed by atoms with Crippen LogP contribution in [0.2, 0.25) is 0 Å². The van der Waals surface area contributed by atoms with Gasteiger partial charge in [0.1, 0.15) is 5.92 Å². The highest BCUT2D eigenvalue weighted by atomic mass is 19.4. The molecule has 0 aliphatic rings. The SMILES string of the molecule is COCC(C(=O)O)c1cc(C(F)(F)F)cc(C(F)(F)F)c1. The zero-order valence-corrected chi connectivity index (χ0v) is 10.5. The molecule has 9 heteroatoms. The van der Waals surface area contributed by atoms with Crippen molar-refractivity contribution >= 4 is 5.97 Å². The number of hydrogen-bond acceptors (Lipinski definition) is 2. The van der Waals surface area contributed by atoms with Crippen LogP contribution in [-0.4, -0.2) is 24.8 Å². The maximum atomic E-state index is 12.6. The summed E-state index contributed by atoms with van der Waals surface area (Å²) in [5, 5.41) is 8.90. The summed E-state index contributed by atoms with van der Waals surface area (Å²) in [6, 6.07) is 0.704. The van der Waals surface area contributed by atoms with Crippen LogP contribution in [0.25, 0.3) is 0 Å². The smallest absolute Gasteiger partial charge is 0.416 e. The van der Waals surface area contributed by atoms with Gasteiger partial charge in [0.25, 0.3) is 0 Å². The number of benzene rings is 1. The summed E-state index contributed by atoms with van der Waals surface area (Å²) in [7, 11) is 1.09. The molecule has 21 heavy (non-hydrogen) atoms. The third-order valence-electron chi connectivity index (χ3n) is 2.64. The van der Waals surface area contributed by atoms with E-state index < -0.39 is 47.5 Å². The van der Waals surface area contributed by atoms with Gasteiger partial charge >= 0.3 is 18.3 Å². The molecule has 0 saturated heterocycles. The molecule has 0 aliphatic heterocycles. The van der Waals surface area contributed by atoms with Gasteiger partial charge in [-0.15, -0.1) is 0 Å². The third-order valence-corrected chi connectivity index (χ3v) is 2.64. The lowest BCUT2D eigenvalue weighted by atomic mass is 9.95. The molecule has 0 aromatic heterocycles. The zero-order chi connectivity index (χ0) is 16.4. The fraction of sp³-hybridized carbons (Fsp3) is 0.417. The molecule has 0 aliphatic carbocycles. The molecule has 0 saturated carbocycles. The molecule has 1 atom stereocenters. The van der Waals surface area contributed by atoms with Gasteiger partial charge in [-0.1, -0.05) is 0 Å². The van der Waals surface area contributed by atoms with Crippen molar-refractivity contribution in [3.05, 3.63) is 34.9 Å². The monoisotopic (exact) mass is 316 g/mol. The van der Waals surface area contributed by atoms with E-state index in [2.05, 4.69) is 4.74 Å². The molecule has 1 rings (SSSR count). The first-order chi connectivity index (χ1) is 9.46. The highest BCUT2D eigenvalue weighted by molar-refractivity contribution is 5.76. The Morgan fingerprint density at radius 3 is 1.81 bits per heavy atom. The number of alkyl halides is 6. The molecular weight excluding hydrogens is 306 g/mol. The molecule has 1 unspecified atom stereocenters. The van der Waals surface area contributed by atoms with Gasteiger partial charge in [0.2, 0.25) is 0 Å². The second-order valence-corrected chi connectivity index (χ2v) is 4.19. The Kier molecular flexibility index (Phi) is 4.87.